The summed E-state index contributed by atoms with van der Waals surface area (Å²) in [5.74, 6) is 3.17. The first-order chi connectivity index (χ1) is 6.77. The van der Waals surface area contributed by atoms with E-state index in [1.165, 1.54) is 0 Å². The van der Waals surface area contributed by atoms with Crippen molar-refractivity contribution in [1.82, 2.24) is 4.90 Å². The van der Waals surface area contributed by atoms with Crippen LogP contribution in [0.2, 0.25) is 0 Å². The molecule has 1 atom stereocenters. The van der Waals surface area contributed by atoms with Crippen LogP contribution >= 0.6 is 0 Å². The van der Waals surface area contributed by atoms with E-state index in [-0.39, 0.29) is 11.6 Å². The molecule has 0 aliphatic rings. The average molecular weight is 211 g/mol. The third kappa shape index (κ3) is 6.54. The molecule has 0 saturated carbocycles. The van der Waals surface area contributed by atoms with Gasteiger partial charge in [-0.2, -0.15) is 0 Å². The van der Waals surface area contributed by atoms with E-state index in [2.05, 4.69) is 45.4 Å². The van der Waals surface area contributed by atoms with Crippen LogP contribution in [0, 0.1) is 18.3 Å². The lowest BCUT2D eigenvalue weighted by molar-refractivity contribution is 0.0578. The van der Waals surface area contributed by atoms with Crippen molar-refractivity contribution in [2.24, 2.45) is 5.92 Å². The fourth-order valence-corrected chi connectivity index (χ4v) is 1.56. The predicted molar refractivity (Wildman–Crippen MR) is 65.6 cm³/mol. The van der Waals surface area contributed by atoms with Gasteiger partial charge in [0.15, 0.2) is 0 Å². The minimum absolute atomic E-state index is 0.0182. The molecule has 15 heavy (non-hydrogen) atoms. The zero-order chi connectivity index (χ0) is 12.1. The first kappa shape index (κ1) is 14.5. The summed E-state index contributed by atoms with van der Waals surface area (Å²) in [5, 5.41) is 9.87. The third-order valence-electron chi connectivity index (χ3n) is 2.41. The van der Waals surface area contributed by atoms with Crippen LogP contribution in [0.5, 0.6) is 0 Å². The summed E-state index contributed by atoms with van der Waals surface area (Å²) < 4.78 is 0. The number of hydrogen-bond acceptors (Lipinski definition) is 2. The van der Waals surface area contributed by atoms with Crippen LogP contribution in [0.1, 0.15) is 41.0 Å². The van der Waals surface area contributed by atoms with Crippen molar-refractivity contribution in [3.05, 3.63) is 0 Å². The molecule has 0 aromatic heterocycles. The molecule has 2 nitrogen and oxygen atoms in total. The number of rotatable bonds is 5. The zero-order valence-electron chi connectivity index (χ0n) is 10.7. The van der Waals surface area contributed by atoms with Gasteiger partial charge in [0.1, 0.15) is 0 Å². The summed E-state index contributed by atoms with van der Waals surface area (Å²) in [4.78, 5) is 2.14. The Morgan fingerprint density at radius 3 is 2.20 bits per heavy atom. The Morgan fingerprint density at radius 1 is 1.33 bits per heavy atom. The molecule has 0 spiro atoms. The van der Waals surface area contributed by atoms with Gasteiger partial charge in [-0.05, 0) is 33.1 Å². The number of hydrogen-bond donors (Lipinski definition) is 1. The third-order valence-corrected chi connectivity index (χ3v) is 2.41. The highest BCUT2D eigenvalue weighted by Crippen LogP contribution is 2.15. The first-order valence-electron chi connectivity index (χ1n) is 5.64. The molecule has 0 aromatic rings. The molecule has 0 aliphatic carbocycles. The molecule has 0 heterocycles. The summed E-state index contributed by atoms with van der Waals surface area (Å²) >= 11 is 0. The highest BCUT2D eigenvalue weighted by molar-refractivity contribution is 4.92. The molecule has 1 N–H and O–H groups in total. The van der Waals surface area contributed by atoms with Crippen molar-refractivity contribution in [2.45, 2.75) is 52.7 Å². The molecular weight excluding hydrogens is 186 g/mol. The van der Waals surface area contributed by atoms with E-state index in [4.69, 9.17) is 6.42 Å². The van der Waals surface area contributed by atoms with Gasteiger partial charge in [-0.25, -0.2) is 0 Å². The van der Waals surface area contributed by atoms with Gasteiger partial charge in [0.05, 0.1) is 12.6 Å². The molecule has 0 amide bonds. The molecule has 0 bridgehead atoms. The van der Waals surface area contributed by atoms with Gasteiger partial charge in [-0.3, -0.25) is 4.90 Å². The zero-order valence-corrected chi connectivity index (χ0v) is 10.7. The lowest BCUT2D eigenvalue weighted by Gasteiger charge is -2.35. The van der Waals surface area contributed by atoms with Gasteiger partial charge in [-0.1, -0.05) is 19.8 Å². The number of terminal acetylenes is 1. The molecule has 0 saturated heterocycles. The summed E-state index contributed by atoms with van der Waals surface area (Å²) in [6.45, 7) is 11.8. The van der Waals surface area contributed by atoms with Crippen LogP contribution in [0.3, 0.4) is 0 Å². The monoisotopic (exact) mass is 211 g/mol. The maximum atomic E-state index is 9.87. The normalized spacial score (nSPS) is 14.3. The van der Waals surface area contributed by atoms with E-state index >= 15 is 0 Å². The fraction of sp³-hybridized carbons (Fsp3) is 0.846. The lowest BCUT2D eigenvalue weighted by Crippen LogP contribution is -2.45. The fourth-order valence-electron chi connectivity index (χ4n) is 1.56. The minimum atomic E-state index is -0.280. The second kappa shape index (κ2) is 6.15. The van der Waals surface area contributed by atoms with Crippen molar-refractivity contribution in [1.29, 1.82) is 0 Å². The Hall–Kier alpha value is -0.520. The number of β-amino-alcohol motifs (C(OH)–C–C–N with tert-alkyl or cyclic N) is 1. The van der Waals surface area contributed by atoms with Crippen molar-refractivity contribution in [3.8, 4) is 12.3 Å². The Morgan fingerprint density at radius 2 is 1.87 bits per heavy atom. The Labute approximate surface area is 94.7 Å². The Bertz CT molecular complexity index is 210. The molecule has 2 heteroatoms. The first-order valence-corrected chi connectivity index (χ1v) is 5.64. The van der Waals surface area contributed by atoms with Crippen LogP contribution in [-0.2, 0) is 0 Å². The van der Waals surface area contributed by atoms with Gasteiger partial charge in [0, 0.05) is 12.1 Å². The van der Waals surface area contributed by atoms with Gasteiger partial charge in [-0.15, -0.1) is 6.42 Å². The van der Waals surface area contributed by atoms with Crippen molar-refractivity contribution in [3.63, 3.8) is 0 Å². The molecule has 0 aromatic carbocycles. The van der Waals surface area contributed by atoms with E-state index in [0.717, 1.165) is 6.42 Å². The van der Waals surface area contributed by atoms with Gasteiger partial charge < -0.3 is 5.11 Å². The molecule has 88 valence electrons. The summed E-state index contributed by atoms with van der Waals surface area (Å²) in [6.07, 6.45) is 5.88. The van der Waals surface area contributed by atoms with Crippen LogP contribution in [0.4, 0.5) is 0 Å². The lowest BCUT2D eigenvalue weighted by atomic mass is 10.0. The molecule has 0 radical (unpaired) electrons. The second-order valence-corrected chi connectivity index (χ2v) is 5.54. The largest absolute Gasteiger partial charge is 0.392 e. The average Bonchev–Trinajstić information content (AvgIpc) is 2.00. The SMILES string of the molecule is C#CCN(C[C@@H](O)CC(C)C)C(C)(C)C. The van der Waals surface area contributed by atoms with Gasteiger partial charge in [0.25, 0.3) is 0 Å². The van der Waals surface area contributed by atoms with Crippen LogP contribution in [-0.4, -0.2) is 34.7 Å². The number of aliphatic hydroxyl groups is 1. The quantitative estimate of drug-likeness (QED) is 0.704. The summed E-state index contributed by atoms with van der Waals surface area (Å²) in [6, 6.07) is 0. The van der Waals surface area contributed by atoms with E-state index in [1.54, 1.807) is 0 Å². The maximum Gasteiger partial charge on any atom is 0.0670 e. The van der Waals surface area contributed by atoms with E-state index in [9.17, 15) is 5.11 Å². The molecule has 0 unspecified atom stereocenters. The molecule has 0 rings (SSSR count). The summed E-state index contributed by atoms with van der Waals surface area (Å²) in [5.41, 5.74) is 0.0182. The molecular formula is C13H25NO. The highest BCUT2D eigenvalue weighted by atomic mass is 16.3. The van der Waals surface area contributed by atoms with Crippen LogP contribution in [0.25, 0.3) is 0 Å². The Balaban J connectivity index is 4.24. The standard InChI is InChI=1S/C13H25NO/c1-7-8-14(13(4,5)6)10-12(15)9-11(2)3/h1,11-12,15H,8-10H2,2-6H3/t12-/m0/s1. The van der Waals surface area contributed by atoms with Gasteiger partial charge >= 0.3 is 0 Å². The van der Waals surface area contributed by atoms with Crippen LogP contribution < -0.4 is 0 Å². The van der Waals surface area contributed by atoms with Crippen LogP contribution in [0.15, 0.2) is 0 Å². The molecule has 0 fully saturated rings. The van der Waals surface area contributed by atoms with Gasteiger partial charge in [0.2, 0.25) is 0 Å². The van der Waals surface area contributed by atoms with Crippen molar-refractivity contribution >= 4 is 0 Å². The van der Waals surface area contributed by atoms with E-state index in [0.29, 0.717) is 19.0 Å². The van der Waals surface area contributed by atoms with E-state index in [1.807, 2.05) is 0 Å². The van der Waals surface area contributed by atoms with Crippen molar-refractivity contribution in [2.75, 3.05) is 13.1 Å². The smallest absolute Gasteiger partial charge is 0.0670 e. The van der Waals surface area contributed by atoms with Crippen molar-refractivity contribution < 1.29 is 5.11 Å². The maximum absolute atomic E-state index is 9.87. The summed E-state index contributed by atoms with van der Waals surface area (Å²) in [7, 11) is 0. The predicted octanol–water partition coefficient (Wildman–Crippen LogP) is 2.13. The second-order valence-electron chi connectivity index (χ2n) is 5.54. The number of aliphatic hydroxyl groups excluding tert-OH is 1. The van der Waals surface area contributed by atoms with E-state index < -0.39 is 0 Å². The topological polar surface area (TPSA) is 23.5 Å². The number of nitrogens with zero attached hydrogens (tertiary/aromatic N) is 1. The minimum Gasteiger partial charge on any atom is -0.392 e. The highest BCUT2D eigenvalue weighted by Gasteiger charge is 2.23. The Kier molecular flexibility index (Phi) is 5.93. The molecule has 0 aliphatic heterocycles.